The Morgan fingerprint density at radius 1 is 1.44 bits per heavy atom. The van der Waals surface area contributed by atoms with Gasteiger partial charge in [0.15, 0.2) is 5.78 Å². The third-order valence-corrected chi connectivity index (χ3v) is 3.23. The predicted molar refractivity (Wildman–Crippen MR) is 70.3 cm³/mol. The summed E-state index contributed by atoms with van der Waals surface area (Å²) in [6, 6.07) is 5.81. The number of fused-ring (bicyclic) bond motifs is 1. The minimum atomic E-state index is -0.355. The number of hydrogen-bond acceptors (Lipinski definition) is 3. The number of para-hydroxylation sites is 1. The van der Waals surface area contributed by atoms with E-state index in [2.05, 4.69) is 0 Å². The molecule has 1 aliphatic rings. The molecule has 0 saturated carbocycles. The predicted octanol–water partition coefficient (Wildman–Crippen LogP) is 3.01. The molecule has 1 atom stereocenters. The minimum absolute atomic E-state index is 0.0399. The number of ether oxygens (including phenoxy) is 2. The highest BCUT2D eigenvalue weighted by atomic mass is 16.5. The van der Waals surface area contributed by atoms with Crippen molar-refractivity contribution in [3.05, 3.63) is 29.3 Å². The molecule has 1 aliphatic heterocycles. The van der Waals surface area contributed by atoms with E-state index in [1.807, 2.05) is 32.0 Å². The van der Waals surface area contributed by atoms with Crippen molar-refractivity contribution >= 4 is 5.78 Å². The molecule has 1 unspecified atom stereocenters. The molecule has 0 aliphatic carbocycles. The SMILES string of the molecule is CCOC(CC)C(=O)c1cccc2c1OCCC2. The monoisotopic (exact) mass is 248 g/mol. The van der Waals surface area contributed by atoms with Crippen molar-refractivity contribution in [1.29, 1.82) is 0 Å². The molecule has 0 radical (unpaired) electrons. The molecule has 0 fully saturated rings. The fraction of sp³-hybridized carbons (Fsp3) is 0.533. The van der Waals surface area contributed by atoms with Crippen LogP contribution in [0.1, 0.15) is 42.6 Å². The molecule has 1 aromatic rings. The van der Waals surface area contributed by atoms with Gasteiger partial charge in [0, 0.05) is 6.61 Å². The summed E-state index contributed by atoms with van der Waals surface area (Å²) in [5.41, 5.74) is 1.81. The fourth-order valence-corrected chi connectivity index (χ4v) is 2.34. The second kappa shape index (κ2) is 6.01. The van der Waals surface area contributed by atoms with Gasteiger partial charge in [-0.15, -0.1) is 0 Å². The summed E-state index contributed by atoms with van der Waals surface area (Å²) in [7, 11) is 0. The number of rotatable bonds is 5. The van der Waals surface area contributed by atoms with Gasteiger partial charge >= 0.3 is 0 Å². The van der Waals surface area contributed by atoms with Crippen LogP contribution in [0.4, 0.5) is 0 Å². The van der Waals surface area contributed by atoms with Crippen LogP contribution < -0.4 is 4.74 Å². The van der Waals surface area contributed by atoms with Crippen molar-refractivity contribution in [3.63, 3.8) is 0 Å². The summed E-state index contributed by atoms with van der Waals surface area (Å²) < 4.78 is 11.2. The Balaban J connectivity index is 2.29. The van der Waals surface area contributed by atoms with Crippen LogP contribution in [0, 0.1) is 0 Å². The third kappa shape index (κ3) is 2.56. The molecule has 3 heteroatoms. The van der Waals surface area contributed by atoms with Gasteiger partial charge in [0.05, 0.1) is 12.2 Å². The van der Waals surface area contributed by atoms with Crippen LogP contribution in [-0.2, 0) is 11.2 Å². The van der Waals surface area contributed by atoms with Gasteiger partial charge in [0.2, 0.25) is 0 Å². The van der Waals surface area contributed by atoms with E-state index in [-0.39, 0.29) is 11.9 Å². The van der Waals surface area contributed by atoms with Crippen LogP contribution in [0.5, 0.6) is 5.75 Å². The van der Waals surface area contributed by atoms with E-state index in [0.29, 0.717) is 25.2 Å². The molecular formula is C15H20O3. The second-order valence-corrected chi connectivity index (χ2v) is 4.46. The smallest absolute Gasteiger partial charge is 0.195 e. The molecule has 98 valence electrons. The number of ketones is 1. The molecule has 0 N–H and O–H groups in total. The Labute approximate surface area is 108 Å². The largest absolute Gasteiger partial charge is 0.493 e. The van der Waals surface area contributed by atoms with Gasteiger partial charge < -0.3 is 9.47 Å². The summed E-state index contributed by atoms with van der Waals surface area (Å²) in [5, 5.41) is 0. The Bertz CT molecular complexity index is 426. The van der Waals surface area contributed by atoms with Crippen molar-refractivity contribution in [3.8, 4) is 5.75 Å². The normalized spacial score (nSPS) is 15.7. The first-order chi connectivity index (χ1) is 8.77. The lowest BCUT2D eigenvalue weighted by Crippen LogP contribution is -2.25. The third-order valence-electron chi connectivity index (χ3n) is 3.23. The summed E-state index contributed by atoms with van der Waals surface area (Å²) in [6.07, 6.45) is 2.35. The van der Waals surface area contributed by atoms with Gasteiger partial charge in [0.1, 0.15) is 11.9 Å². The van der Waals surface area contributed by atoms with E-state index in [4.69, 9.17) is 9.47 Å². The molecule has 1 heterocycles. The standard InChI is InChI=1S/C15H20O3/c1-3-13(17-4-2)14(16)12-9-5-7-11-8-6-10-18-15(11)12/h5,7,9,13H,3-4,6,8,10H2,1-2H3. The molecule has 1 aromatic carbocycles. The van der Waals surface area contributed by atoms with Crippen molar-refractivity contribution in [2.75, 3.05) is 13.2 Å². The average molecular weight is 248 g/mol. The molecule has 0 saturated heterocycles. The van der Waals surface area contributed by atoms with E-state index in [1.165, 1.54) is 0 Å². The van der Waals surface area contributed by atoms with Crippen molar-refractivity contribution in [2.24, 2.45) is 0 Å². The molecule has 0 bridgehead atoms. The van der Waals surface area contributed by atoms with E-state index in [1.54, 1.807) is 0 Å². The first kappa shape index (κ1) is 13.1. The van der Waals surface area contributed by atoms with E-state index < -0.39 is 0 Å². The number of Topliss-reactive ketones (excluding diaryl/α,β-unsaturated/α-hetero) is 1. The molecule has 0 amide bonds. The molecule has 3 nitrogen and oxygen atoms in total. The van der Waals surface area contributed by atoms with Gasteiger partial charge in [0.25, 0.3) is 0 Å². The van der Waals surface area contributed by atoms with E-state index >= 15 is 0 Å². The average Bonchev–Trinajstić information content (AvgIpc) is 2.43. The summed E-state index contributed by atoms with van der Waals surface area (Å²) in [6.45, 7) is 5.13. The van der Waals surface area contributed by atoms with Crippen molar-refractivity contribution in [2.45, 2.75) is 39.2 Å². The van der Waals surface area contributed by atoms with Gasteiger partial charge in [-0.1, -0.05) is 19.1 Å². The molecule has 0 aromatic heterocycles. The van der Waals surface area contributed by atoms with Gasteiger partial charge in [-0.3, -0.25) is 4.79 Å². The van der Waals surface area contributed by atoms with E-state index in [9.17, 15) is 4.79 Å². The zero-order valence-corrected chi connectivity index (χ0v) is 11.1. The maximum atomic E-state index is 12.4. The maximum absolute atomic E-state index is 12.4. The Morgan fingerprint density at radius 2 is 2.28 bits per heavy atom. The van der Waals surface area contributed by atoms with Crippen molar-refractivity contribution in [1.82, 2.24) is 0 Å². The Morgan fingerprint density at radius 3 is 3.00 bits per heavy atom. The first-order valence-corrected chi connectivity index (χ1v) is 6.68. The molecule has 18 heavy (non-hydrogen) atoms. The van der Waals surface area contributed by atoms with Crippen LogP contribution in [0.2, 0.25) is 0 Å². The highest BCUT2D eigenvalue weighted by Gasteiger charge is 2.24. The summed E-state index contributed by atoms with van der Waals surface area (Å²) >= 11 is 0. The quantitative estimate of drug-likeness (QED) is 0.751. The number of carbonyl (C=O) groups is 1. The maximum Gasteiger partial charge on any atom is 0.195 e. The number of hydrogen-bond donors (Lipinski definition) is 0. The second-order valence-electron chi connectivity index (χ2n) is 4.46. The Kier molecular flexibility index (Phi) is 4.37. The van der Waals surface area contributed by atoms with Crippen LogP contribution in [-0.4, -0.2) is 25.1 Å². The highest BCUT2D eigenvalue weighted by Crippen LogP contribution is 2.30. The first-order valence-electron chi connectivity index (χ1n) is 6.68. The summed E-state index contributed by atoms with van der Waals surface area (Å²) in [5.74, 6) is 0.810. The highest BCUT2D eigenvalue weighted by molar-refractivity contribution is 6.02. The topological polar surface area (TPSA) is 35.5 Å². The van der Waals surface area contributed by atoms with E-state index in [0.717, 1.165) is 24.2 Å². The lowest BCUT2D eigenvalue weighted by molar-refractivity contribution is 0.0440. The zero-order valence-electron chi connectivity index (χ0n) is 11.1. The zero-order chi connectivity index (χ0) is 13.0. The lowest BCUT2D eigenvalue weighted by atomic mass is 9.97. The fourth-order valence-electron chi connectivity index (χ4n) is 2.34. The van der Waals surface area contributed by atoms with Crippen LogP contribution >= 0.6 is 0 Å². The van der Waals surface area contributed by atoms with Crippen molar-refractivity contribution < 1.29 is 14.3 Å². The van der Waals surface area contributed by atoms with Crippen LogP contribution in [0.15, 0.2) is 18.2 Å². The molecule has 2 rings (SSSR count). The summed E-state index contributed by atoms with van der Waals surface area (Å²) in [4.78, 5) is 12.4. The van der Waals surface area contributed by atoms with Crippen LogP contribution in [0.25, 0.3) is 0 Å². The van der Waals surface area contributed by atoms with Gasteiger partial charge in [-0.05, 0) is 37.8 Å². The number of aryl methyl sites for hydroxylation is 1. The Hall–Kier alpha value is -1.35. The molecule has 0 spiro atoms. The molecular weight excluding hydrogens is 228 g/mol. The number of benzene rings is 1. The van der Waals surface area contributed by atoms with Gasteiger partial charge in [-0.2, -0.15) is 0 Å². The number of carbonyl (C=O) groups excluding carboxylic acids is 1. The lowest BCUT2D eigenvalue weighted by Gasteiger charge is -2.21. The van der Waals surface area contributed by atoms with Gasteiger partial charge in [-0.25, -0.2) is 0 Å². The minimum Gasteiger partial charge on any atom is -0.493 e. The van der Waals surface area contributed by atoms with Crippen LogP contribution in [0.3, 0.4) is 0 Å².